The van der Waals surface area contributed by atoms with Crippen LogP contribution in [0.3, 0.4) is 0 Å². The Labute approximate surface area is 139 Å². The highest BCUT2D eigenvalue weighted by atomic mass is 32.1. The van der Waals surface area contributed by atoms with Gasteiger partial charge in [-0.15, -0.1) is 11.3 Å². The zero-order valence-corrected chi connectivity index (χ0v) is 14.1. The van der Waals surface area contributed by atoms with E-state index in [1.807, 2.05) is 0 Å². The Kier molecular flexibility index (Phi) is 5.40. The maximum absolute atomic E-state index is 12.1. The normalized spacial score (nSPS) is 16.6. The average Bonchev–Trinajstić information content (AvgIpc) is 3.28. The molecule has 1 aliphatic heterocycles. The SMILES string of the molecule is Cc1noc(CCC(=O)NCC(c2cccs2)N2CCCC2)n1. The minimum atomic E-state index is 0.0293. The van der Waals surface area contributed by atoms with E-state index in [1.165, 1.54) is 17.7 Å². The Balaban J connectivity index is 1.50. The van der Waals surface area contributed by atoms with Gasteiger partial charge in [0.15, 0.2) is 5.82 Å². The molecule has 2 aromatic rings. The van der Waals surface area contributed by atoms with Crippen LogP contribution in [0.15, 0.2) is 22.0 Å². The van der Waals surface area contributed by atoms with Crippen LogP contribution in [0.2, 0.25) is 0 Å². The lowest BCUT2D eigenvalue weighted by molar-refractivity contribution is -0.121. The second kappa shape index (κ2) is 7.70. The number of carbonyl (C=O) groups excluding carboxylic acids is 1. The monoisotopic (exact) mass is 334 g/mol. The van der Waals surface area contributed by atoms with Crippen LogP contribution in [-0.4, -0.2) is 40.6 Å². The van der Waals surface area contributed by atoms with Crippen molar-refractivity contribution in [2.75, 3.05) is 19.6 Å². The molecule has 1 N–H and O–H groups in total. The molecular formula is C16H22N4O2S. The minimum absolute atomic E-state index is 0.0293. The molecule has 3 heterocycles. The third kappa shape index (κ3) is 4.39. The number of hydrogen-bond acceptors (Lipinski definition) is 6. The Morgan fingerprint density at radius 1 is 1.48 bits per heavy atom. The first-order chi connectivity index (χ1) is 11.2. The number of rotatable bonds is 7. The largest absolute Gasteiger partial charge is 0.354 e. The van der Waals surface area contributed by atoms with Crippen molar-refractivity contribution in [2.45, 2.75) is 38.6 Å². The molecule has 0 radical (unpaired) electrons. The van der Waals surface area contributed by atoms with E-state index in [9.17, 15) is 4.79 Å². The molecule has 1 atom stereocenters. The smallest absolute Gasteiger partial charge is 0.227 e. The molecule has 0 saturated carbocycles. The summed E-state index contributed by atoms with van der Waals surface area (Å²) in [4.78, 5) is 20.0. The lowest BCUT2D eigenvalue weighted by atomic mass is 10.2. The van der Waals surface area contributed by atoms with Crippen molar-refractivity contribution in [3.8, 4) is 0 Å². The fraction of sp³-hybridized carbons (Fsp3) is 0.562. The van der Waals surface area contributed by atoms with Crippen LogP contribution in [0.4, 0.5) is 0 Å². The number of aryl methyl sites for hydroxylation is 2. The fourth-order valence-corrected chi connectivity index (χ4v) is 3.77. The minimum Gasteiger partial charge on any atom is -0.354 e. The van der Waals surface area contributed by atoms with Gasteiger partial charge in [-0.1, -0.05) is 11.2 Å². The van der Waals surface area contributed by atoms with Crippen LogP contribution in [0.1, 0.15) is 41.9 Å². The van der Waals surface area contributed by atoms with Crippen molar-refractivity contribution in [2.24, 2.45) is 0 Å². The third-order valence-corrected chi connectivity index (χ3v) is 5.05. The summed E-state index contributed by atoms with van der Waals surface area (Å²) >= 11 is 1.76. The molecule has 7 heteroatoms. The van der Waals surface area contributed by atoms with Crippen LogP contribution >= 0.6 is 11.3 Å². The van der Waals surface area contributed by atoms with Gasteiger partial charge in [-0.2, -0.15) is 4.98 Å². The van der Waals surface area contributed by atoms with Gasteiger partial charge in [-0.05, 0) is 44.3 Å². The second-order valence-corrected chi connectivity index (χ2v) is 6.79. The number of amides is 1. The molecule has 0 spiro atoms. The maximum atomic E-state index is 12.1. The molecule has 124 valence electrons. The molecule has 0 aliphatic carbocycles. The van der Waals surface area contributed by atoms with Gasteiger partial charge in [-0.3, -0.25) is 9.69 Å². The first-order valence-corrected chi connectivity index (χ1v) is 8.93. The van der Waals surface area contributed by atoms with E-state index in [-0.39, 0.29) is 11.9 Å². The van der Waals surface area contributed by atoms with E-state index >= 15 is 0 Å². The van der Waals surface area contributed by atoms with E-state index in [4.69, 9.17) is 4.52 Å². The van der Waals surface area contributed by atoms with E-state index in [2.05, 4.69) is 37.9 Å². The summed E-state index contributed by atoms with van der Waals surface area (Å²) in [7, 11) is 0. The summed E-state index contributed by atoms with van der Waals surface area (Å²) in [5.74, 6) is 1.15. The predicted octanol–water partition coefficient (Wildman–Crippen LogP) is 2.33. The highest BCUT2D eigenvalue weighted by molar-refractivity contribution is 7.10. The van der Waals surface area contributed by atoms with Crippen LogP contribution in [-0.2, 0) is 11.2 Å². The van der Waals surface area contributed by atoms with Crippen molar-refractivity contribution in [3.05, 3.63) is 34.1 Å². The molecular weight excluding hydrogens is 312 g/mol. The van der Waals surface area contributed by atoms with E-state index in [0.717, 1.165) is 13.1 Å². The van der Waals surface area contributed by atoms with Gasteiger partial charge in [0.05, 0.1) is 6.04 Å². The fourth-order valence-electron chi connectivity index (χ4n) is 2.90. The van der Waals surface area contributed by atoms with E-state index in [0.29, 0.717) is 31.1 Å². The number of carbonyl (C=O) groups is 1. The molecule has 1 unspecified atom stereocenters. The number of thiophene rings is 1. The number of nitrogens with zero attached hydrogens (tertiary/aromatic N) is 3. The van der Waals surface area contributed by atoms with Gasteiger partial charge in [0.2, 0.25) is 11.8 Å². The summed E-state index contributed by atoms with van der Waals surface area (Å²) in [5.41, 5.74) is 0. The Bertz CT molecular complexity index is 620. The summed E-state index contributed by atoms with van der Waals surface area (Å²) in [6.07, 6.45) is 3.34. The second-order valence-electron chi connectivity index (χ2n) is 5.81. The molecule has 1 amide bonds. The molecule has 1 fully saturated rings. The van der Waals surface area contributed by atoms with Crippen LogP contribution < -0.4 is 5.32 Å². The van der Waals surface area contributed by atoms with Gasteiger partial charge >= 0.3 is 0 Å². The summed E-state index contributed by atoms with van der Waals surface area (Å²) < 4.78 is 5.03. The van der Waals surface area contributed by atoms with Crippen molar-refractivity contribution in [1.82, 2.24) is 20.4 Å². The molecule has 6 nitrogen and oxygen atoms in total. The van der Waals surface area contributed by atoms with Gasteiger partial charge in [0, 0.05) is 24.3 Å². The third-order valence-electron chi connectivity index (χ3n) is 4.08. The molecule has 0 aromatic carbocycles. The highest BCUT2D eigenvalue weighted by Crippen LogP contribution is 2.27. The number of hydrogen-bond donors (Lipinski definition) is 1. The number of nitrogens with one attached hydrogen (secondary N) is 1. The Morgan fingerprint density at radius 3 is 2.96 bits per heavy atom. The van der Waals surface area contributed by atoms with Crippen molar-refractivity contribution < 1.29 is 9.32 Å². The molecule has 2 aromatic heterocycles. The highest BCUT2D eigenvalue weighted by Gasteiger charge is 2.24. The maximum Gasteiger partial charge on any atom is 0.227 e. The zero-order chi connectivity index (χ0) is 16.1. The number of aromatic nitrogens is 2. The summed E-state index contributed by atoms with van der Waals surface area (Å²) in [5, 5.41) is 8.89. The number of likely N-dealkylation sites (tertiary alicyclic amines) is 1. The zero-order valence-electron chi connectivity index (χ0n) is 13.3. The van der Waals surface area contributed by atoms with Gasteiger partial charge < -0.3 is 9.84 Å². The Hall–Kier alpha value is -1.73. The molecule has 3 rings (SSSR count). The molecule has 0 bridgehead atoms. The standard InChI is InChI=1S/C16H22N4O2S/c1-12-18-16(22-19-12)7-6-15(21)17-11-13(14-5-4-10-23-14)20-8-2-3-9-20/h4-5,10,13H,2-3,6-9,11H2,1H3,(H,17,21). The van der Waals surface area contributed by atoms with Crippen LogP contribution in [0.5, 0.6) is 0 Å². The lowest BCUT2D eigenvalue weighted by Gasteiger charge is -2.26. The van der Waals surface area contributed by atoms with Gasteiger partial charge in [0.25, 0.3) is 0 Å². The predicted molar refractivity (Wildman–Crippen MR) is 88.2 cm³/mol. The first kappa shape index (κ1) is 16.1. The topological polar surface area (TPSA) is 71.3 Å². The average molecular weight is 334 g/mol. The Morgan fingerprint density at radius 2 is 2.30 bits per heavy atom. The first-order valence-electron chi connectivity index (χ1n) is 8.06. The quantitative estimate of drug-likeness (QED) is 0.841. The molecule has 1 saturated heterocycles. The molecule has 1 aliphatic rings. The van der Waals surface area contributed by atoms with Crippen molar-refractivity contribution >= 4 is 17.2 Å². The van der Waals surface area contributed by atoms with E-state index in [1.54, 1.807) is 18.3 Å². The molecule has 23 heavy (non-hydrogen) atoms. The lowest BCUT2D eigenvalue weighted by Crippen LogP contribution is -2.36. The van der Waals surface area contributed by atoms with Gasteiger partial charge in [0.1, 0.15) is 0 Å². The summed E-state index contributed by atoms with van der Waals surface area (Å²) in [6, 6.07) is 4.51. The van der Waals surface area contributed by atoms with Crippen molar-refractivity contribution in [3.63, 3.8) is 0 Å². The van der Waals surface area contributed by atoms with Gasteiger partial charge in [-0.25, -0.2) is 0 Å². The van der Waals surface area contributed by atoms with Crippen molar-refractivity contribution in [1.29, 1.82) is 0 Å². The van der Waals surface area contributed by atoms with Crippen LogP contribution in [0, 0.1) is 6.92 Å². The van der Waals surface area contributed by atoms with Crippen LogP contribution in [0.25, 0.3) is 0 Å². The summed E-state index contributed by atoms with van der Waals surface area (Å²) in [6.45, 7) is 4.65. The van der Waals surface area contributed by atoms with E-state index < -0.39 is 0 Å².